The molecule has 4 fully saturated rings. The summed E-state index contributed by atoms with van der Waals surface area (Å²) in [6.07, 6.45) is 21.2. The van der Waals surface area contributed by atoms with E-state index in [1.807, 2.05) is 0 Å². The quantitative estimate of drug-likeness (QED) is 0.206. The van der Waals surface area contributed by atoms with Crippen molar-refractivity contribution < 1.29 is 26.4 Å². The summed E-state index contributed by atoms with van der Waals surface area (Å²) in [4.78, 5) is 29.2. The molecule has 5 N–H and O–H groups in total. The summed E-state index contributed by atoms with van der Waals surface area (Å²) in [6.45, 7) is 0. The van der Waals surface area contributed by atoms with E-state index in [1.54, 1.807) is 9.03 Å². The van der Waals surface area contributed by atoms with E-state index >= 15 is 0 Å². The van der Waals surface area contributed by atoms with E-state index in [4.69, 9.17) is 10.7 Å². The van der Waals surface area contributed by atoms with Gasteiger partial charge in [0, 0.05) is 58.3 Å². The van der Waals surface area contributed by atoms with Gasteiger partial charge in [0.15, 0.2) is 0 Å². The van der Waals surface area contributed by atoms with Gasteiger partial charge in [-0.2, -0.15) is 21.1 Å². The summed E-state index contributed by atoms with van der Waals surface area (Å²) >= 11 is 0. The molecule has 0 saturated carbocycles. The van der Waals surface area contributed by atoms with Gasteiger partial charge in [-0.25, -0.2) is 19.0 Å². The standard InChI is InChI=1S/C22H32N4O3S.C13H15ClN2O3S.C9H18N2.ClH/c1-25(2)18-12-16-9-10-17(13-18)26(16)30(28,29)24-22(27)23-21-19-7-3-5-14(19)11-15-6-4-8-20(15)21;14-20(18,19)16-13(17)15-12-10-5-1-3-8(10)7-9-4-2-6-11(9)12;1-11(2)9-5-7-3-4-8(6-9)10-7;/h11,16-18H,3-10,12-13H2,1-2H3,(H2,23,24,27);7H,1-6H2,(H2,15,16,17);7-10H,3-6H2,1-2H3;1H. The number of hydrogen-bond donors (Lipinski definition) is 5. The smallest absolute Gasteiger partial charge is 0.311 e. The molecule has 2 aromatic carbocycles. The Morgan fingerprint density at radius 3 is 1.34 bits per heavy atom. The molecule has 4 aliphatic carbocycles. The van der Waals surface area contributed by atoms with Crippen molar-refractivity contribution in [2.24, 2.45) is 0 Å². The van der Waals surface area contributed by atoms with Crippen molar-refractivity contribution in [2.75, 3.05) is 38.8 Å². The second-order valence-corrected chi connectivity index (χ2v) is 22.9. The highest BCUT2D eigenvalue weighted by atomic mass is 35.7. The van der Waals surface area contributed by atoms with Crippen molar-refractivity contribution in [3.63, 3.8) is 0 Å². The molecule has 8 aliphatic rings. The summed E-state index contributed by atoms with van der Waals surface area (Å²) in [6, 6.07) is 5.99. The van der Waals surface area contributed by atoms with Gasteiger partial charge in [-0.1, -0.05) is 12.1 Å². The number of rotatable bonds is 7. The highest BCUT2D eigenvalue weighted by molar-refractivity contribution is 8.12. The molecule has 62 heavy (non-hydrogen) atoms. The molecule has 4 atom stereocenters. The number of urea groups is 2. The number of piperidine rings is 2. The van der Waals surface area contributed by atoms with Crippen LogP contribution in [0, 0.1) is 0 Å². The van der Waals surface area contributed by atoms with Gasteiger partial charge >= 0.3 is 31.5 Å². The fourth-order valence-corrected chi connectivity index (χ4v) is 13.9. The first-order chi connectivity index (χ1) is 29.0. The molecule has 4 amide bonds. The van der Waals surface area contributed by atoms with Crippen LogP contribution in [0.15, 0.2) is 12.1 Å². The third kappa shape index (κ3) is 10.5. The number of nitrogens with zero attached hydrogens (tertiary/aromatic N) is 3. The highest BCUT2D eigenvalue weighted by Gasteiger charge is 2.48. The van der Waals surface area contributed by atoms with Crippen LogP contribution in [0.1, 0.15) is 122 Å². The van der Waals surface area contributed by atoms with Crippen LogP contribution in [0.4, 0.5) is 21.0 Å². The van der Waals surface area contributed by atoms with E-state index < -0.39 is 31.5 Å². The van der Waals surface area contributed by atoms with Crippen LogP contribution in [0.3, 0.4) is 0 Å². The maximum atomic E-state index is 13.1. The molecule has 4 saturated heterocycles. The highest BCUT2D eigenvalue weighted by Crippen LogP contribution is 2.41. The summed E-state index contributed by atoms with van der Waals surface area (Å²) < 4.78 is 53.7. The van der Waals surface area contributed by atoms with Gasteiger partial charge in [0.25, 0.3) is 0 Å². The summed E-state index contributed by atoms with van der Waals surface area (Å²) in [5, 5.41) is 9.28. The predicted octanol–water partition coefficient (Wildman–Crippen LogP) is 6.11. The number of benzene rings is 2. The number of halogens is 2. The zero-order valence-corrected chi connectivity index (χ0v) is 39.9. The number of aryl methyl sites for hydroxylation is 4. The monoisotopic (exact) mass is 936 g/mol. The number of fused-ring (bicyclic) bond motifs is 8. The Morgan fingerprint density at radius 1 is 0.597 bits per heavy atom. The average Bonchev–Trinajstić information content (AvgIpc) is 4.05. The van der Waals surface area contributed by atoms with Gasteiger partial charge in [-0.3, -0.25) is 0 Å². The minimum Gasteiger partial charge on any atom is -0.311 e. The number of anilines is 2. The second kappa shape index (κ2) is 19.4. The fourth-order valence-electron chi connectivity index (χ4n) is 11.9. The molecule has 0 radical (unpaired) electrons. The van der Waals surface area contributed by atoms with E-state index in [-0.39, 0.29) is 24.5 Å². The molecule has 10 rings (SSSR count). The van der Waals surface area contributed by atoms with Crippen molar-refractivity contribution in [1.82, 2.24) is 28.9 Å². The van der Waals surface area contributed by atoms with Crippen molar-refractivity contribution in [3.05, 3.63) is 56.6 Å². The number of amides is 4. The third-order valence-corrected chi connectivity index (χ3v) is 16.9. The van der Waals surface area contributed by atoms with Crippen LogP contribution < -0.4 is 25.4 Å². The Balaban J connectivity index is 0.000000155. The molecule has 4 heterocycles. The summed E-state index contributed by atoms with van der Waals surface area (Å²) in [5.74, 6) is 0. The van der Waals surface area contributed by atoms with Gasteiger partial charge in [-0.05, 0) is 201 Å². The minimum atomic E-state index is -4.06. The molecule has 4 aliphatic heterocycles. The zero-order valence-electron chi connectivity index (χ0n) is 36.7. The van der Waals surface area contributed by atoms with Gasteiger partial charge < -0.3 is 25.8 Å². The Kier molecular flexibility index (Phi) is 14.8. The average molecular weight is 938 g/mol. The lowest BCUT2D eigenvalue weighted by Gasteiger charge is -2.40. The van der Waals surface area contributed by atoms with E-state index in [1.165, 1.54) is 59.1 Å². The van der Waals surface area contributed by atoms with E-state index in [0.29, 0.717) is 6.04 Å². The molecule has 18 heteroatoms. The van der Waals surface area contributed by atoms with Crippen LogP contribution in [-0.2, 0) is 70.8 Å². The van der Waals surface area contributed by atoms with Crippen LogP contribution >= 0.6 is 23.1 Å². The van der Waals surface area contributed by atoms with E-state index in [2.05, 4.69) is 70.8 Å². The lowest BCUT2D eigenvalue weighted by atomic mass is 9.99. The van der Waals surface area contributed by atoms with Crippen LogP contribution in [0.5, 0.6) is 0 Å². The molecule has 4 bridgehead atoms. The Morgan fingerprint density at radius 2 is 0.968 bits per heavy atom. The maximum Gasteiger partial charge on any atom is 0.333 e. The van der Waals surface area contributed by atoms with E-state index in [9.17, 15) is 26.4 Å². The summed E-state index contributed by atoms with van der Waals surface area (Å²) in [5.41, 5.74) is 11.6. The number of carbonyl (C=O) groups excluding carboxylic acids is 2. The molecule has 14 nitrogen and oxygen atoms in total. The first kappa shape index (κ1) is 47.3. The third-order valence-electron chi connectivity index (χ3n) is 14.7. The second-order valence-electron chi connectivity index (χ2n) is 19.1. The van der Waals surface area contributed by atoms with Gasteiger partial charge in [-0.15, -0.1) is 12.4 Å². The Labute approximate surface area is 379 Å². The van der Waals surface area contributed by atoms with Crippen LogP contribution in [0.25, 0.3) is 0 Å². The first-order valence-electron chi connectivity index (χ1n) is 22.6. The minimum absolute atomic E-state index is 0. The van der Waals surface area contributed by atoms with Gasteiger partial charge in [0.2, 0.25) is 0 Å². The van der Waals surface area contributed by atoms with Crippen molar-refractivity contribution in [2.45, 2.75) is 165 Å². The molecule has 0 aromatic heterocycles. The van der Waals surface area contributed by atoms with Crippen LogP contribution in [0.2, 0.25) is 0 Å². The number of hydrogen-bond acceptors (Lipinski definition) is 9. The molecular weight excluding hydrogens is 872 g/mol. The topological polar surface area (TPSA) is 172 Å². The lowest BCUT2D eigenvalue weighted by Crippen LogP contribution is -2.55. The molecular formula is C44H66Cl2N8O6S2. The first-order valence-corrected chi connectivity index (χ1v) is 26.4. The van der Waals surface area contributed by atoms with Crippen molar-refractivity contribution in [1.29, 1.82) is 0 Å². The van der Waals surface area contributed by atoms with Gasteiger partial charge in [0.05, 0.1) is 0 Å². The van der Waals surface area contributed by atoms with Gasteiger partial charge in [0.1, 0.15) is 0 Å². The maximum absolute atomic E-state index is 13.1. The largest absolute Gasteiger partial charge is 0.333 e. The normalized spacial score (nSPS) is 26.6. The number of nitrogens with one attached hydrogen (secondary N) is 5. The van der Waals surface area contributed by atoms with E-state index in [0.717, 1.165) is 143 Å². The molecule has 0 spiro atoms. The zero-order chi connectivity index (χ0) is 43.2. The lowest BCUT2D eigenvalue weighted by molar-refractivity contribution is 0.143. The van der Waals surface area contributed by atoms with Crippen molar-refractivity contribution in [3.8, 4) is 0 Å². The molecule has 2 aromatic rings. The SMILES string of the molecule is CN(C)C1CC2CCC(C1)N2.CN(C)C1CC2CCC(C1)N2S(=O)(=O)NC(=O)Nc1c2c(cc3c1CCC3)CCC2.Cl.O=C(Nc1c2c(cc3c1CCC3)CCC2)NS(=O)(=O)Cl. The van der Waals surface area contributed by atoms with Crippen molar-refractivity contribution >= 4 is 66.0 Å². The number of carbonyl (C=O) groups is 2. The molecule has 344 valence electrons. The Hall–Kier alpha value is -2.70. The fraction of sp³-hybridized carbons (Fsp3) is 0.682. The van der Waals surface area contributed by atoms with Crippen LogP contribution in [-0.4, -0.2) is 107 Å². The Bertz CT molecular complexity index is 2150. The molecule has 4 unspecified atom stereocenters. The summed E-state index contributed by atoms with van der Waals surface area (Å²) in [7, 11) is 5.62. The predicted molar refractivity (Wildman–Crippen MR) is 248 cm³/mol.